The van der Waals surface area contributed by atoms with Crippen LogP contribution in [-0.4, -0.2) is 19.4 Å². The monoisotopic (exact) mass is 266 g/mol. The highest BCUT2D eigenvalue weighted by molar-refractivity contribution is 5.57. The van der Waals surface area contributed by atoms with Gasteiger partial charge in [0.2, 0.25) is 0 Å². The van der Waals surface area contributed by atoms with E-state index in [2.05, 4.69) is 29.6 Å². The minimum atomic E-state index is -1.22. The van der Waals surface area contributed by atoms with Crippen LogP contribution in [-0.2, 0) is 29.6 Å². The van der Waals surface area contributed by atoms with Gasteiger partial charge in [-0.25, -0.2) is 9.78 Å². The lowest BCUT2D eigenvalue weighted by Crippen LogP contribution is -2.18. The third kappa shape index (κ3) is 13.2. The highest BCUT2D eigenvalue weighted by Crippen LogP contribution is 2.13. The van der Waals surface area contributed by atoms with Gasteiger partial charge >= 0.3 is 6.16 Å². The molecule has 0 aliphatic rings. The summed E-state index contributed by atoms with van der Waals surface area (Å²) in [4.78, 5) is 28.2. The van der Waals surface area contributed by atoms with Gasteiger partial charge in [0.05, 0.1) is 13.2 Å². The maximum absolute atomic E-state index is 10.8. The summed E-state index contributed by atoms with van der Waals surface area (Å²) >= 11 is 0. The fraction of sp³-hybridized carbons (Fsp3) is 0.909. The second kappa shape index (κ2) is 7.52. The second-order valence-corrected chi connectivity index (χ2v) is 6.20. The highest BCUT2D eigenvalue weighted by atomic mass is 17.6. The van der Waals surface area contributed by atoms with Gasteiger partial charge in [0, 0.05) is 0 Å². The second-order valence-electron chi connectivity index (χ2n) is 6.20. The molecule has 0 saturated heterocycles. The van der Waals surface area contributed by atoms with E-state index in [1.807, 2.05) is 41.5 Å². The fourth-order valence-electron chi connectivity index (χ4n) is 0.519. The lowest BCUT2D eigenvalue weighted by atomic mass is 9.99. The standard InChI is InChI=1S/C11H22O7/c1-10(2,3)7-13-17-15-9(12)16-18-14-8-11(4,5)6/h7-8H2,1-6H3. The van der Waals surface area contributed by atoms with Crippen molar-refractivity contribution in [3.63, 3.8) is 0 Å². The Hall–Kier alpha value is -0.890. The van der Waals surface area contributed by atoms with Crippen LogP contribution in [0.5, 0.6) is 0 Å². The third-order valence-corrected chi connectivity index (χ3v) is 1.28. The molecule has 0 radical (unpaired) electrons. The normalized spacial score (nSPS) is 12.3. The van der Waals surface area contributed by atoms with E-state index in [1.54, 1.807) is 0 Å². The molecule has 0 fully saturated rings. The molecule has 0 saturated carbocycles. The molecule has 7 nitrogen and oxygen atoms in total. The van der Waals surface area contributed by atoms with Crippen LogP contribution in [0.25, 0.3) is 0 Å². The molecule has 0 aromatic carbocycles. The summed E-state index contributed by atoms with van der Waals surface area (Å²) in [6.07, 6.45) is -1.22. The molecule has 18 heavy (non-hydrogen) atoms. The summed E-state index contributed by atoms with van der Waals surface area (Å²) in [6.45, 7) is 12.1. The molecule has 0 aromatic rings. The summed E-state index contributed by atoms with van der Waals surface area (Å²) in [5.74, 6) is 0. The number of rotatable bonds is 6. The largest absolute Gasteiger partial charge is 0.577 e. The Morgan fingerprint density at radius 1 is 0.778 bits per heavy atom. The maximum Gasteiger partial charge on any atom is 0.577 e. The van der Waals surface area contributed by atoms with E-state index in [0.29, 0.717) is 0 Å². The lowest BCUT2D eigenvalue weighted by Gasteiger charge is -2.16. The van der Waals surface area contributed by atoms with Gasteiger partial charge in [-0.3, -0.25) is 0 Å². The zero-order valence-electron chi connectivity index (χ0n) is 11.8. The van der Waals surface area contributed by atoms with Crippen LogP contribution in [0, 0.1) is 10.8 Å². The van der Waals surface area contributed by atoms with Crippen LogP contribution in [0.4, 0.5) is 4.79 Å². The Balaban J connectivity index is 3.44. The van der Waals surface area contributed by atoms with Crippen molar-refractivity contribution < 1.29 is 34.4 Å². The predicted octanol–water partition coefficient (Wildman–Crippen LogP) is 2.96. The van der Waals surface area contributed by atoms with Crippen molar-refractivity contribution in [1.82, 2.24) is 0 Å². The Labute approximate surface area is 107 Å². The van der Waals surface area contributed by atoms with E-state index in [9.17, 15) is 4.79 Å². The summed E-state index contributed by atoms with van der Waals surface area (Å²) in [5, 5.41) is 8.32. The minimum Gasteiger partial charge on any atom is -0.226 e. The molecule has 0 bridgehead atoms. The van der Waals surface area contributed by atoms with Crippen molar-refractivity contribution in [1.29, 1.82) is 0 Å². The highest BCUT2D eigenvalue weighted by Gasteiger charge is 2.15. The number of hydrogen-bond donors (Lipinski definition) is 0. The fourth-order valence-corrected chi connectivity index (χ4v) is 0.519. The molecular weight excluding hydrogens is 244 g/mol. The van der Waals surface area contributed by atoms with Crippen LogP contribution in [0.3, 0.4) is 0 Å². The average molecular weight is 266 g/mol. The molecule has 108 valence electrons. The topological polar surface area (TPSA) is 72.5 Å². The summed E-state index contributed by atoms with van der Waals surface area (Å²) < 4.78 is 0. The minimum absolute atomic E-state index is 0.112. The first-order valence-electron chi connectivity index (χ1n) is 5.56. The van der Waals surface area contributed by atoms with Gasteiger partial charge in [-0.1, -0.05) is 41.5 Å². The molecule has 0 unspecified atom stereocenters. The first-order valence-corrected chi connectivity index (χ1v) is 5.56. The van der Waals surface area contributed by atoms with E-state index >= 15 is 0 Å². The molecule has 0 rings (SSSR count). The molecule has 0 aliphatic carbocycles. The van der Waals surface area contributed by atoms with Gasteiger partial charge in [-0.2, -0.15) is 14.6 Å². The smallest absolute Gasteiger partial charge is 0.226 e. The van der Waals surface area contributed by atoms with E-state index < -0.39 is 6.16 Å². The zero-order valence-corrected chi connectivity index (χ0v) is 11.8. The van der Waals surface area contributed by atoms with Gasteiger partial charge in [0.25, 0.3) is 0 Å². The third-order valence-electron chi connectivity index (χ3n) is 1.28. The van der Waals surface area contributed by atoms with Crippen LogP contribution < -0.4 is 0 Å². The van der Waals surface area contributed by atoms with Gasteiger partial charge in [-0.05, 0) is 20.9 Å². The molecular formula is C11H22O7. The van der Waals surface area contributed by atoms with Gasteiger partial charge in [0.15, 0.2) is 0 Å². The molecule has 0 aliphatic heterocycles. The Morgan fingerprint density at radius 3 is 1.39 bits per heavy atom. The van der Waals surface area contributed by atoms with E-state index in [-0.39, 0.29) is 24.0 Å². The van der Waals surface area contributed by atoms with Crippen molar-refractivity contribution >= 4 is 6.16 Å². The SMILES string of the molecule is CC(C)(C)COOOC(=O)OOOCC(C)(C)C. The predicted molar refractivity (Wildman–Crippen MR) is 60.6 cm³/mol. The number of carbonyl (C=O) groups excluding carboxylic acids is 1. The van der Waals surface area contributed by atoms with Crippen LogP contribution >= 0.6 is 0 Å². The Bertz CT molecular complexity index is 215. The van der Waals surface area contributed by atoms with Crippen LogP contribution in [0.15, 0.2) is 0 Å². The molecule has 0 N–H and O–H groups in total. The molecule has 0 atom stereocenters. The Morgan fingerprint density at radius 2 is 1.11 bits per heavy atom. The van der Waals surface area contributed by atoms with Gasteiger partial charge in [-0.15, -0.1) is 0 Å². The molecule has 0 aromatic heterocycles. The van der Waals surface area contributed by atoms with Crippen molar-refractivity contribution in [2.24, 2.45) is 10.8 Å². The van der Waals surface area contributed by atoms with E-state index in [4.69, 9.17) is 0 Å². The first-order chi connectivity index (χ1) is 8.10. The first kappa shape index (κ1) is 17.1. The molecule has 0 heterocycles. The van der Waals surface area contributed by atoms with Crippen LogP contribution in [0.2, 0.25) is 0 Å². The summed E-state index contributed by atoms with van der Waals surface area (Å²) in [5.41, 5.74) is -0.223. The number of carbonyl (C=O) groups is 1. The summed E-state index contributed by atoms with van der Waals surface area (Å²) in [7, 11) is 0. The molecule has 7 heteroatoms. The van der Waals surface area contributed by atoms with Crippen molar-refractivity contribution in [3.05, 3.63) is 0 Å². The van der Waals surface area contributed by atoms with E-state index in [1.165, 1.54) is 0 Å². The van der Waals surface area contributed by atoms with E-state index in [0.717, 1.165) is 0 Å². The van der Waals surface area contributed by atoms with Gasteiger partial charge < -0.3 is 0 Å². The van der Waals surface area contributed by atoms with Crippen molar-refractivity contribution in [2.45, 2.75) is 41.5 Å². The van der Waals surface area contributed by atoms with Crippen molar-refractivity contribution in [2.75, 3.05) is 13.2 Å². The number of hydrogen-bond acceptors (Lipinski definition) is 7. The summed E-state index contributed by atoms with van der Waals surface area (Å²) in [6, 6.07) is 0. The molecule has 0 spiro atoms. The Kier molecular flexibility index (Phi) is 7.15. The lowest BCUT2D eigenvalue weighted by molar-refractivity contribution is -0.531. The maximum atomic E-state index is 10.8. The van der Waals surface area contributed by atoms with Crippen LogP contribution in [0.1, 0.15) is 41.5 Å². The van der Waals surface area contributed by atoms with Crippen molar-refractivity contribution in [3.8, 4) is 0 Å². The zero-order chi connectivity index (χ0) is 14.2. The quantitative estimate of drug-likeness (QED) is 0.415. The van der Waals surface area contributed by atoms with Gasteiger partial charge in [0.1, 0.15) is 0 Å². The molecule has 0 amide bonds. The average Bonchev–Trinajstić information content (AvgIpc) is 2.17.